The van der Waals surface area contributed by atoms with Gasteiger partial charge in [-0.2, -0.15) is 0 Å². The van der Waals surface area contributed by atoms with Crippen molar-refractivity contribution in [3.05, 3.63) is 23.3 Å². The number of benzene rings is 1. The lowest BCUT2D eigenvalue weighted by Gasteiger charge is -2.11. The van der Waals surface area contributed by atoms with Crippen LogP contribution < -0.4 is 4.74 Å². The van der Waals surface area contributed by atoms with Gasteiger partial charge in [-0.1, -0.05) is 110 Å². The van der Waals surface area contributed by atoms with E-state index >= 15 is 0 Å². The highest BCUT2D eigenvalue weighted by Gasteiger charge is 2.23. The average Bonchev–Trinajstić information content (AvgIpc) is 2.84. The van der Waals surface area contributed by atoms with Crippen LogP contribution in [0.1, 0.15) is 143 Å². The summed E-state index contributed by atoms with van der Waals surface area (Å²) in [5.41, 5.74) is 0.0838. The molecule has 0 fully saturated rings. The van der Waals surface area contributed by atoms with E-state index in [-0.39, 0.29) is 22.7 Å². The molecule has 0 aromatic heterocycles. The van der Waals surface area contributed by atoms with Crippen LogP contribution in [0.4, 0.5) is 0 Å². The van der Waals surface area contributed by atoms with E-state index in [0.717, 1.165) is 19.3 Å². The van der Waals surface area contributed by atoms with Gasteiger partial charge in [0.05, 0.1) is 14.2 Å². The van der Waals surface area contributed by atoms with Crippen LogP contribution in [-0.2, 0) is 4.74 Å². The SMILES string of the molecule is CCCCCCCCCCCCCCCCCCCC(=O)c1cc(OC)cc(O)c1C(=O)OC. The summed E-state index contributed by atoms with van der Waals surface area (Å²) in [5, 5.41) is 10.1. The summed E-state index contributed by atoms with van der Waals surface area (Å²) in [6, 6.07) is 2.82. The van der Waals surface area contributed by atoms with E-state index in [1.165, 1.54) is 116 Å². The number of methoxy groups -OCH3 is 2. The lowest BCUT2D eigenvalue weighted by atomic mass is 9.97. The molecule has 1 aromatic carbocycles. The van der Waals surface area contributed by atoms with Crippen LogP contribution in [0, 0.1) is 0 Å². The quantitative estimate of drug-likeness (QED) is 0.109. The Labute approximate surface area is 207 Å². The number of ether oxygens (including phenoxy) is 2. The number of Topliss-reactive ketones (excluding diaryl/α,β-unsaturated/α-hetero) is 1. The van der Waals surface area contributed by atoms with E-state index in [4.69, 9.17) is 9.47 Å². The Balaban J connectivity index is 2.10. The Morgan fingerprint density at radius 2 is 1.15 bits per heavy atom. The molecule has 1 aromatic rings. The Bertz CT molecular complexity index is 698. The minimum Gasteiger partial charge on any atom is -0.507 e. The van der Waals surface area contributed by atoms with Crippen LogP contribution in [0.3, 0.4) is 0 Å². The van der Waals surface area contributed by atoms with Gasteiger partial charge in [-0.3, -0.25) is 4.79 Å². The lowest BCUT2D eigenvalue weighted by Crippen LogP contribution is -2.11. The summed E-state index contributed by atoms with van der Waals surface area (Å²) in [6.07, 6.45) is 22.3. The predicted octanol–water partition coefficient (Wildman–Crippen LogP) is 8.41. The van der Waals surface area contributed by atoms with Crippen molar-refractivity contribution >= 4 is 11.8 Å². The molecule has 0 atom stereocenters. The summed E-state index contributed by atoms with van der Waals surface area (Å²) in [7, 11) is 2.69. The second kappa shape index (κ2) is 19.3. The van der Waals surface area contributed by atoms with Gasteiger partial charge in [-0.05, 0) is 12.5 Å². The zero-order valence-electron chi connectivity index (χ0n) is 22.0. The Morgan fingerprint density at radius 1 is 0.706 bits per heavy atom. The number of hydrogen-bond donors (Lipinski definition) is 1. The number of rotatable bonds is 21. The normalized spacial score (nSPS) is 10.9. The van der Waals surface area contributed by atoms with Crippen molar-refractivity contribution in [2.24, 2.45) is 0 Å². The van der Waals surface area contributed by atoms with Crippen LogP contribution >= 0.6 is 0 Å². The standard InChI is InChI=1S/C29H48O5/c1-4-5-6-7-8-9-10-11-12-13-14-15-16-17-18-19-20-21-26(30)25-22-24(33-2)23-27(31)28(25)29(32)34-3/h22-23,31H,4-21H2,1-3H3. The summed E-state index contributed by atoms with van der Waals surface area (Å²) in [4.78, 5) is 24.7. The largest absolute Gasteiger partial charge is 0.507 e. The smallest absolute Gasteiger partial charge is 0.342 e. The lowest BCUT2D eigenvalue weighted by molar-refractivity contribution is 0.0593. The number of hydrogen-bond acceptors (Lipinski definition) is 5. The summed E-state index contributed by atoms with van der Waals surface area (Å²) < 4.78 is 9.86. The first-order chi connectivity index (χ1) is 16.5. The highest BCUT2D eigenvalue weighted by atomic mass is 16.5. The number of aromatic hydroxyl groups is 1. The second-order valence-corrected chi connectivity index (χ2v) is 9.39. The van der Waals surface area contributed by atoms with Crippen LogP contribution in [0.25, 0.3) is 0 Å². The molecule has 34 heavy (non-hydrogen) atoms. The van der Waals surface area contributed by atoms with Crippen molar-refractivity contribution in [3.63, 3.8) is 0 Å². The number of phenols is 1. The molecule has 0 radical (unpaired) electrons. The highest BCUT2D eigenvalue weighted by molar-refractivity contribution is 6.08. The molecule has 0 aliphatic heterocycles. The van der Waals surface area contributed by atoms with Crippen molar-refractivity contribution in [1.82, 2.24) is 0 Å². The second-order valence-electron chi connectivity index (χ2n) is 9.39. The van der Waals surface area contributed by atoms with Gasteiger partial charge in [-0.25, -0.2) is 4.79 Å². The van der Waals surface area contributed by atoms with Crippen LogP contribution in [0.2, 0.25) is 0 Å². The number of carbonyl (C=O) groups excluding carboxylic acids is 2. The number of phenolic OH excluding ortho intramolecular Hbond substituents is 1. The topological polar surface area (TPSA) is 72.8 Å². The van der Waals surface area contributed by atoms with Gasteiger partial charge in [0.1, 0.15) is 17.1 Å². The molecule has 0 saturated heterocycles. The van der Waals surface area contributed by atoms with E-state index < -0.39 is 5.97 Å². The molecule has 0 unspecified atom stereocenters. The molecule has 5 heteroatoms. The number of carbonyl (C=O) groups is 2. The van der Waals surface area contributed by atoms with Gasteiger partial charge >= 0.3 is 5.97 Å². The monoisotopic (exact) mass is 476 g/mol. The van der Waals surface area contributed by atoms with Gasteiger partial charge in [0.2, 0.25) is 0 Å². The van der Waals surface area contributed by atoms with Crippen molar-refractivity contribution in [2.45, 2.75) is 122 Å². The Kier molecular flexibility index (Phi) is 17.0. The number of unbranched alkanes of at least 4 members (excludes halogenated alkanes) is 16. The average molecular weight is 477 g/mol. The maximum Gasteiger partial charge on any atom is 0.342 e. The molecule has 0 heterocycles. The van der Waals surface area contributed by atoms with E-state index in [1.807, 2.05) is 0 Å². The first-order valence-electron chi connectivity index (χ1n) is 13.6. The molecule has 1 rings (SSSR count). The first kappa shape index (κ1) is 30.0. The summed E-state index contributed by atoms with van der Waals surface area (Å²) in [5.74, 6) is -0.839. The summed E-state index contributed by atoms with van der Waals surface area (Å²) >= 11 is 0. The zero-order chi connectivity index (χ0) is 25.0. The molecule has 0 aliphatic rings. The fourth-order valence-corrected chi connectivity index (χ4v) is 4.40. The fourth-order valence-electron chi connectivity index (χ4n) is 4.40. The molecule has 5 nitrogen and oxygen atoms in total. The maximum absolute atomic E-state index is 12.7. The molecule has 0 amide bonds. The van der Waals surface area contributed by atoms with Gasteiger partial charge < -0.3 is 14.6 Å². The number of esters is 1. The first-order valence-corrected chi connectivity index (χ1v) is 13.6. The zero-order valence-corrected chi connectivity index (χ0v) is 22.0. The third-order valence-electron chi connectivity index (χ3n) is 6.52. The number of ketones is 1. The third-order valence-corrected chi connectivity index (χ3v) is 6.52. The van der Waals surface area contributed by atoms with Gasteiger partial charge in [0.25, 0.3) is 0 Å². The molecule has 0 aliphatic carbocycles. The van der Waals surface area contributed by atoms with E-state index in [1.54, 1.807) is 0 Å². The van der Waals surface area contributed by atoms with E-state index in [0.29, 0.717) is 12.2 Å². The van der Waals surface area contributed by atoms with Crippen LogP contribution in [0.5, 0.6) is 11.5 Å². The van der Waals surface area contributed by atoms with Crippen LogP contribution in [0.15, 0.2) is 12.1 Å². The van der Waals surface area contributed by atoms with Gasteiger partial charge in [0, 0.05) is 18.1 Å². The van der Waals surface area contributed by atoms with E-state index in [9.17, 15) is 14.7 Å². The molecule has 0 bridgehead atoms. The van der Waals surface area contributed by atoms with Crippen molar-refractivity contribution in [1.29, 1.82) is 0 Å². The van der Waals surface area contributed by atoms with Crippen molar-refractivity contribution in [2.75, 3.05) is 14.2 Å². The molecular formula is C29H48O5. The third kappa shape index (κ3) is 12.4. The van der Waals surface area contributed by atoms with Crippen molar-refractivity contribution in [3.8, 4) is 11.5 Å². The van der Waals surface area contributed by atoms with Gasteiger partial charge in [-0.15, -0.1) is 0 Å². The summed E-state index contributed by atoms with van der Waals surface area (Å²) in [6.45, 7) is 2.27. The van der Waals surface area contributed by atoms with E-state index in [2.05, 4.69) is 6.92 Å². The molecular weight excluding hydrogens is 428 g/mol. The predicted molar refractivity (Wildman–Crippen MR) is 139 cm³/mol. The van der Waals surface area contributed by atoms with Crippen LogP contribution in [-0.4, -0.2) is 31.1 Å². The molecule has 1 N–H and O–H groups in total. The molecule has 194 valence electrons. The minimum atomic E-state index is -0.717. The molecule has 0 spiro atoms. The minimum absolute atomic E-state index is 0.0831. The maximum atomic E-state index is 12.7. The fraction of sp³-hybridized carbons (Fsp3) is 0.724. The highest BCUT2D eigenvalue weighted by Crippen LogP contribution is 2.30. The molecule has 0 saturated carbocycles. The van der Waals surface area contributed by atoms with Gasteiger partial charge in [0.15, 0.2) is 5.78 Å². The Hall–Kier alpha value is -2.04. The Morgan fingerprint density at radius 3 is 1.56 bits per heavy atom. The van der Waals surface area contributed by atoms with Crippen molar-refractivity contribution < 1.29 is 24.2 Å².